The SMILES string of the molecule is CNCC(NC(=O)c1cc(C#CCNc2cc(S(C)(=O)=O)ccc2OC)cc2c1ncn2CC(F)(F)F)C(C)C. The third-order valence-electron chi connectivity index (χ3n) is 6.06. The maximum Gasteiger partial charge on any atom is 0.406 e. The van der Waals surface area contributed by atoms with E-state index in [0.717, 1.165) is 17.2 Å². The number of benzene rings is 2. The summed E-state index contributed by atoms with van der Waals surface area (Å²) in [6, 6.07) is 7.10. The topological polar surface area (TPSA) is 114 Å². The van der Waals surface area contributed by atoms with Gasteiger partial charge >= 0.3 is 6.18 Å². The number of fused-ring (bicyclic) bond motifs is 1. The van der Waals surface area contributed by atoms with Gasteiger partial charge in [0.05, 0.1) is 41.6 Å². The Morgan fingerprint density at radius 2 is 1.93 bits per heavy atom. The monoisotopic (exact) mass is 579 g/mol. The first-order chi connectivity index (χ1) is 18.7. The number of nitrogens with one attached hydrogen (secondary N) is 3. The van der Waals surface area contributed by atoms with Crippen molar-refractivity contribution in [3.05, 3.63) is 47.8 Å². The van der Waals surface area contributed by atoms with E-state index in [0.29, 0.717) is 23.5 Å². The summed E-state index contributed by atoms with van der Waals surface area (Å²) in [5.74, 6) is 5.79. The second-order valence-electron chi connectivity index (χ2n) is 9.55. The van der Waals surface area contributed by atoms with Crippen LogP contribution in [0.1, 0.15) is 29.8 Å². The minimum atomic E-state index is -4.49. The van der Waals surface area contributed by atoms with Gasteiger partial charge in [0.1, 0.15) is 17.8 Å². The Morgan fingerprint density at radius 3 is 2.52 bits per heavy atom. The molecular weight excluding hydrogens is 547 g/mol. The highest BCUT2D eigenvalue weighted by Crippen LogP contribution is 2.28. The number of nitrogens with zero attached hydrogens (tertiary/aromatic N) is 2. The van der Waals surface area contributed by atoms with Crippen LogP contribution in [0.5, 0.6) is 5.75 Å². The van der Waals surface area contributed by atoms with Crippen molar-refractivity contribution >= 4 is 32.5 Å². The van der Waals surface area contributed by atoms with Crippen LogP contribution in [0.2, 0.25) is 0 Å². The Kier molecular flexibility index (Phi) is 9.70. The van der Waals surface area contributed by atoms with Crippen molar-refractivity contribution in [1.29, 1.82) is 0 Å². The number of sulfone groups is 1. The quantitative estimate of drug-likeness (QED) is 0.315. The van der Waals surface area contributed by atoms with E-state index in [2.05, 4.69) is 32.8 Å². The maximum absolute atomic E-state index is 13.3. The van der Waals surface area contributed by atoms with E-state index in [9.17, 15) is 26.4 Å². The van der Waals surface area contributed by atoms with Gasteiger partial charge in [-0.1, -0.05) is 25.7 Å². The van der Waals surface area contributed by atoms with Gasteiger partial charge in [0.25, 0.3) is 5.91 Å². The fourth-order valence-electron chi connectivity index (χ4n) is 3.99. The third-order valence-corrected chi connectivity index (χ3v) is 7.17. The maximum atomic E-state index is 13.3. The minimum Gasteiger partial charge on any atom is -0.495 e. The fourth-order valence-corrected chi connectivity index (χ4v) is 4.64. The number of methoxy groups -OCH3 is 1. The predicted octanol–water partition coefficient (Wildman–Crippen LogP) is 3.45. The van der Waals surface area contributed by atoms with Crippen LogP contribution in [-0.4, -0.2) is 69.6 Å². The number of hydrogen-bond donors (Lipinski definition) is 3. The molecule has 216 valence electrons. The minimum absolute atomic E-state index is 0.0581. The summed E-state index contributed by atoms with van der Waals surface area (Å²) in [6.45, 7) is 3.19. The van der Waals surface area contributed by atoms with Crippen LogP contribution >= 0.6 is 0 Å². The van der Waals surface area contributed by atoms with E-state index in [1.54, 1.807) is 7.05 Å². The van der Waals surface area contributed by atoms with Crippen molar-refractivity contribution in [2.45, 2.75) is 37.5 Å². The molecule has 0 aliphatic rings. The summed E-state index contributed by atoms with van der Waals surface area (Å²) < 4.78 is 69.7. The summed E-state index contributed by atoms with van der Waals surface area (Å²) in [4.78, 5) is 17.5. The number of rotatable bonds is 10. The second kappa shape index (κ2) is 12.6. The van der Waals surface area contributed by atoms with Crippen LogP contribution in [0.4, 0.5) is 18.9 Å². The molecule has 1 heterocycles. The molecule has 3 aromatic rings. The van der Waals surface area contributed by atoms with Crippen molar-refractivity contribution in [2.75, 3.05) is 38.8 Å². The van der Waals surface area contributed by atoms with Crippen LogP contribution < -0.4 is 20.7 Å². The van der Waals surface area contributed by atoms with Crippen molar-refractivity contribution in [3.8, 4) is 17.6 Å². The first kappa shape index (κ1) is 30.8. The fraction of sp³-hybridized carbons (Fsp3) is 0.407. The summed E-state index contributed by atoms with van der Waals surface area (Å²) in [7, 11) is -0.246. The zero-order chi connectivity index (χ0) is 29.7. The summed E-state index contributed by atoms with van der Waals surface area (Å²) in [5, 5.41) is 8.95. The number of carbonyl (C=O) groups excluding carboxylic acids is 1. The van der Waals surface area contributed by atoms with Gasteiger partial charge in [-0.15, -0.1) is 0 Å². The lowest BCUT2D eigenvalue weighted by atomic mass is 10.0. The van der Waals surface area contributed by atoms with Crippen LogP contribution in [0.15, 0.2) is 41.6 Å². The van der Waals surface area contributed by atoms with E-state index in [-0.39, 0.29) is 40.0 Å². The highest BCUT2D eigenvalue weighted by Gasteiger charge is 2.29. The average Bonchev–Trinajstić information content (AvgIpc) is 3.25. The molecule has 1 unspecified atom stereocenters. The Balaban J connectivity index is 1.96. The lowest BCUT2D eigenvalue weighted by Crippen LogP contribution is -2.44. The van der Waals surface area contributed by atoms with E-state index in [4.69, 9.17) is 4.74 Å². The van der Waals surface area contributed by atoms with Gasteiger partial charge in [-0.25, -0.2) is 13.4 Å². The number of ether oxygens (including phenoxy) is 1. The van der Waals surface area contributed by atoms with Gasteiger partial charge in [0.2, 0.25) is 0 Å². The highest BCUT2D eigenvalue weighted by atomic mass is 32.2. The summed E-state index contributed by atoms with van der Waals surface area (Å²) in [5.41, 5.74) is 1.09. The zero-order valence-electron chi connectivity index (χ0n) is 22.8. The van der Waals surface area contributed by atoms with E-state index in [1.807, 2.05) is 13.8 Å². The number of halogens is 3. The Labute approximate surface area is 231 Å². The molecule has 0 saturated heterocycles. The number of amides is 1. The molecule has 0 aliphatic carbocycles. The summed E-state index contributed by atoms with van der Waals surface area (Å²) in [6.07, 6.45) is -2.34. The van der Waals surface area contributed by atoms with Gasteiger partial charge in [0, 0.05) is 24.4 Å². The van der Waals surface area contributed by atoms with Gasteiger partial charge in [0.15, 0.2) is 9.84 Å². The Morgan fingerprint density at radius 1 is 1.20 bits per heavy atom. The standard InChI is InChI=1S/C27H32F3N5O4S/c1-17(2)22(14-31-3)34-26(36)20-11-18(12-23-25(20)33-16-35(23)15-27(28,29)30)7-6-10-32-21-13-19(40(5,37)38)8-9-24(21)39-4/h8-9,11-13,16-17,22,31-32H,10,14-15H2,1-5H3,(H,34,36). The van der Waals surface area contributed by atoms with Crippen LogP contribution in [0, 0.1) is 17.8 Å². The number of anilines is 1. The molecule has 1 aromatic heterocycles. The molecule has 0 radical (unpaired) electrons. The number of hydrogen-bond acceptors (Lipinski definition) is 7. The van der Waals surface area contributed by atoms with Crippen molar-refractivity contribution < 1.29 is 31.1 Å². The van der Waals surface area contributed by atoms with Gasteiger partial charge in [-0.3, -0.25) is 4.79 Å². The molecule has 0 fully saturated rings. The Hall–Kier alpha value is -3.76. The lowest BCUT2D eigenvalue weighted by Gasteiger charge is -2.22. The molecule has 2 aromatic carbocycles. The highest BCUT2D eigenvalue weighted by molar-refractivity contribution is 7.90. The molecule has 0 bridgehead atoms. The van der Waals surface area contributed by atoms with Gasteiger partial charge < -0.3 is 25.3 Å². The van der Waals surface area contributed by atoms with E-state index >= 15 is 0 Å². The average molecular weight is 580 g/mol. The molecule has 0 spiro atoms. The first-order valence-corrected chi connectivity index (χ1v) is 14.2. The van der Waals surface area contributed by atoms with Crippen LogP contribution in [-0.2, 0) is 16.4 Å². The molecule has 3 rings (SSSR count). The second-order valence-corrected chi connectivity index (χ2v) is 11.6. The molecule has 1 amide bonds. The zero-order valence-corrected chi connectivity index (χ0v) is 23.6. The van der Waals surface area contributed by atoms with Crippen molar-refractivity contribution in [2.24, 2.45) is 5.92 Å². The molecule has 0 aliphatic heterocycles. The van der Waals surface area contributed by atoms with Crippen molar-refractivity contribution in [1.82, 2.24) is 20.2 Å². The lowest BCUT2D eigenvalue weighted by molar-refractivity contribution is -0.139. The molecule has 9 nitrogen and oxygen atoms in total. The van der Waals surface area contributed by atoms with Crippen molar-refractivity contribution in [3.63, 3.8) is 0 Å². The molecule has 0 saturated carbocycles. The predicted molar refractivity (Wildman–Crippen MR) is 147 cm³/mol. The number of likely N-dealkylation sites (N-methyl/N-ethyl adjacent to an activating group) is 1. The van der Waals surface area contributed by atoms with E-state index in [1.165, 1.54) is 37.4 Å². The largest absolute Gasteiger partial charge is 0.495 e. The van der Waals surface area contributed by atoms with Gasteiger partial charge in [-0.05, 0) is 43.3 Å². The smallest absolute Gasteiger partial charge is 0.406 e. The van der Waals surface area contributed by atoms with Crippen LogP contribution in [0.25, 0.3) is 11.0 Å². The normalized spacial score (nSPS) is 12.6. The van der Waals surface area contributed by atoms with E-state index < -0.39 is 28.5 Å². The Bertz CT molecular complexity index is 1540. The third kappa shape index (κ3) is 7.89. The molecule has 3 N–H and O–H groups in total. The van der Waals surface area contributed by atoms with Crippen LogP contribution in [0.3, 0.4) is 0 Å². The molecule has 1 atom stereocenters. The molecule has 40 heavy (non-hydrogen) atoms. The first-order valence-electron chi connectivity index (χ1n) is 12.4. The number of carbonyl (C=O) groups is 1. The van der Waals surface area contributed by atoms with Gasteiger partial charge in [-0.2, -0.15) is 13.2 Å². The number of imidazole rings is 1. The number of aromatic nitrogens is 2. The molecular formula is C27H32F3N5O4S. The summed E-state index contributed by atoms with van der Waals surface area (Å²) >= 11 is 0. The molecule has 13 heteroatoms. The number of alkyl halides is 3.